The number of benzene rings is 3. The van der Waals surface area contributed by atoms with Gasteiger partial charge in [0.1, 0.15) is 0 Å². The highest BCUT2D eigenvalue weighted by molar-refractivity contribution is 7.90. The van der Waals surface area contributed by atoms with E-state index in [2.05, 4.69) is 10.4 Å². The van der Waals surface area contributed by atoms with Gasteiger partial charge in [0.05, 0.1) is 32.6 Å². The molecule has 11 heteroatoms. The minimum atomic E-state index is -3.38. The maximum atomic E-state index is 12.9. The molecule has 5 rings (SSSR count). The van der Waals surface area contributed by atoms with Crippen molar-refractivity contribution in [3.63, 3.8) is 0 Å². The summed E-state index contributed by atoms with van der Waals surface area (Å²) in [5.74, 6) is -1.08. The highest BCUT2D eigenvalue weighted by atomic mass is 35.5. The molecule has 4 aromatic rings. The molecule has 9 nitrogen and oxygen atoms in total. The molecule has 0 radical (unpaired) electrons. The molecule has 37 heavy (non-hydrogen) atoms. The van der Waals surface area contributed by atoms with Gasteiger partial charge in [0.15, 0.2) is 15.5 Å². The second-order valence-electron chi connectivity index (χ2n) is 8.75. The second kappa shape index (κ2) is 9.06. The molecule has 188 valence electrons. The number of aryl methyl sites for hydroxylation is 1. The lowest BCUT2D eigenvalue weighted by molar-refractivity contribution is 0.0992. The van der Waals surface area contributed by atoms with Crippen molar-refractivity contribution >= 4 is 44.6 Å². The van der Waals surface area contributed by atoms with Crippen LogP contribution in [0.3, 0.4) is 0 Å². The van der Waals surface area contributed by atoms with Crippen LogP contribution in [0.25, 0.3) is 16.9 Å². The molecule has 0 saturated carbocycles. The Morgan fingerprint density at radius 2 is 1.78 bits per heavy atom. The zero-order valence-electron chi connectivity index (χ0n) is 19.7. The molecule has 0 aliphatic heterocycles. The Morgan fingerprint density at radius 3 is 2.46 bits per heavy atom. The zero-order valence-corrected chi connectivity index (χ0v) is 21.2. The van der Waals surface area contributed by atoms with Crippen molar-refractivity contribution in [2.75, 3.05) is 17.3 Å². The lowest BCUT2D eigenvalue weighted by Gasteiger charge is -2.20. The van der Waals surface area contributed by atoms with Crippen LogP contribution in [-0.4, -0.2) is 36.3 Å². The van der Waals surface area contributed by atoms with Gasteiger partial charge in [-0.25, -0.2) is 13.1 Å². The smallest absolute Gasteiger partial charge is 0.269 e. The van der Waals surface area contributed by atoms with E-state index in [9.17, 15) is 18.0 Å². The van der Waals surface area contributed by atoms with E-state index >= 15 is 0 Å². The number of nitrogens with one attached hydrogen (secondary N) is 1. The molecule has 2 amide bonds. The third kappa shape index (κ3) is 4.45. The van der Waals surface area contributed by atoms with Gasteiger partial charge < -0.3 is 16.8 Å². The van der Waals surface area contributed by atoms with Crippen LogP contribution in [0.15, 0.2) is 65.6 Å². The van der Waals surface area contributed by atoms with Gasteiger partial charge in [0, 0.05) is 23.1 Å². The number of rotatable bonds is 5. The van der Waals surface area contributed by atoms with Crippen LogP contribution in [0.5, 0.6) is 0 Å². The molecule has 1 aliphatic carbocycles. The van der Waals surface area contributed by atoms with Gasteiger partial charge in [-0.15, -0.1) is 0 Å². The number of anilines is 2. The number of primary amides is 1. The average Bonchev–Trinajstić information content (AvgIpc) is 3.26. The number of sulfone groups is 1. The number of para-hydroxylation sites is 1. The highest BCUT2D eigenvalue weighted by Gasteiger charge is 2.28. The summed E-state index contributed by atoms with van der Waals surface area (Å²) >= 11 is 6.06. The Bertz CT molecular complexity index is 1690. The Labute approximate surface area is 218 Å². The summed E-state index contributed by atoms with van der Waals surface area (Å²) in [5.41, 5.74) is 16.4. The molecule has 0 atom stereocenters. The summed E-state index contributed by atoms with van der Waals surface area (Å²) in [6.45, 7) is 0. The number of carbonyl (C=O) groups excluding carboxylic acids is 2. The first-order valence-corrected chi connectivity index (χ1v) is 13.5. The third-order valence-corrected chi connectivity index (χ3v) is 7.75. The van der Waals surface area contributed by atoms with Crippen molar-refractivity contribution in [1.29, 1.82) is 0 Å². The normalized spacial score (nSPS) is 12.5. The molecule has 1 heterocycles. The Morgan fingerprint density at radius 1 is 1.05 bits per heavy atom. The predicted molar refractivity (Wildman–Crippen MR) is 142 cm³/mol. The lowest BCUT2D eigenvalue weighted by atomic mass is 9.88. The summed E-state index contributed by atoms with van der Waals surface area (Å²) in [7, 11) is -3.38. The summed E-state index contributed by atoms with van der Waals surface area (Å²) in [4.78, 5) is 25.3. The molecule has 5 N–H and O–H groups in total. The molecule has 0 saturated heterocycles. The predicted octanol–water partition coefficient (Wildman–Crippen LogP) is 3.63. The summed E-state index contributed by atoms with van der Waals surface area (Å²) in [6.07, 6.45) is 2.33. The maximum Gasteiger partial charge on any atom is 0.269 e. The molecular weight excluding hydrogens is 514 g/mol. The van der Waals surface area contributed by atoms with Crippen LogP contribution in [0, 0.1) is 0 Å². The number of hydrogen-bond acceptors (Lipinski definition) is 6. The van der Waals surface area contributed by atoms with E-state index in [0.717, 1.165) is 17.4 Å². The average molecular weight is 536 g/mol. The molecule has 1 aromatic heterocycles. The third-order valence-electron chi connectivity index (χ3n) is 6.29. The lowest BCUT2D eigenvalue weighted by Crippen LogP contribution is -2.16. The van der Waals surface area contributed by atoms with Crippen molar-refractivity contribution in [3.8, 4) is 16.9 Å². The number of amides is 2. The number of nitrogens with two attached hydrogens (primary N) is 2. The number of hydrogen-bond donors (Lipinski definition) is 3. The molecule has 3 aromatic carbocycles. The van der Waals surface area contributed by atoms with Gasteiger partial charge in [-0.2, -0.15) is 5.10 Å². The Kier molecular flexibility index (Phi) is 6.01. The number of nitrogens with zero attached hydrogens (tertiary/aromatic N) is 2. The number of fused-ring (bicyclic) bond motifs is 3. The monoisotopic (exact) mass is 535 g/mol. The van der Waals surface area contributed by atoms with Crippen LogP contribution >= 0.6 is 11.6 Å². The van der Waals surface area contributed by atoms with E-state index in [4.69, 9.17) is 23.1 Å². The topological polar surface area (TPSA) is 150 Å². The molecular formula is C26H22ClN5O4S. The van der Waals surface area contributed by atoms with Gasteiger partial charge >= 0.3 is 0 Å². The van der Waals surface area contributed by atoms with E-state index in [1.54, 1.807) is 47.1 Å². The SMILES string of the molecule is CS(=O)(=O)c1ccc(-n2nc(C(N)=O)c3c2-c2cc(NC(=O)c4cccc(Cl)c4N)ccc2CC3)cc1. The standard InChI is InChI=1S/C26H22ClN5O4S/c1-37(35,36)17-10-8-16(9-11-17)32-24-19(23(31-32)25(29)33)12-6-14-5-7-15(13-20(14)24)30-26(34)18-3-2-4-21(27)22(18)28/h2-5,7-11,13H,6,12,28H2,1H3,(H2,29,33)(H,30,34). The van der Waals surface area contributed by atoms with Crippen molar-refractivity contribution < 1.29 is 18.0 Å². The molecule has 0 unspecified atom stereocenters. The minimum Gasteiger partial charge on any atom is -0.397 e. The quantitative estimate of drug-likeness (QED) is 0.332. The van der Waals surface area contributed by atoms with Crippen molar-refractivity contribution in [3.05, 3.63) is 88.1 Å². The van der Waals surface area contributed by atoms with Crippen LogP contribution in [-0.2, 0) is 22.7 Å². The van der Waals surface area contributed by atoms with Gasteiger partial charge in [-0.05, 0) is 66.9 Å². The van der Waals surface area contributed by atoms with E-state index in [-0.39, 0.29) is 26.9 Å². The summed E-state index contributed by atoms with van der Waals surface area (Å²) < 4.78 is 25.4. The molecule has 0 fully saturated rings. The van der Waals surface area contributed by atoms with Gasteiger partial charge in [-0.3, -0.25) is 9.59 Å². The van der Waals surface area contributed by atoms with Crippen LogP contribution in [0.4, 0.5) is 11.4 Å². The van der Waals surface area contributed by atoms with Crippen molar-refractivity contribution in [1.82, 2.24) is 9.78 Å². The van der Waals surface area contributed by atoms with E-state index < -0.39 is 21.7 Å². The molecule has 0 spiro atoms. The molecule has 0 bridgehead atoms. The first-order chi connectivity index (χ1) is 17.5. The fourth-order valence-electron chi connectivity index (χ4n) is 4.47. The van der Waals surface area contributed by atoms with Gasteiger partial charge in [0.25, 0.3) is 11.8 Å². The van der Waals surface area contributed by atoms with Crippen molar-refractivity contribution in [2.45, 2.75) is 17.7 Å². The second-order valence-corrected chi connectivity index (χ2v) is 11.2. The number of aromatic nitrogens is 2. The first-order valence-electron chi connectivity index (χ1n) is 11.3. The Hall–Kier alpha value is -4.15. The summed E-state index contributed by atoms with van der Waals surface area (Å²) in [5, 5.41) is 7.63. The van der Waals surface area contributed by atoms with E-state index in [1.807, 2.05) is 6.07 Å². The zero-order chi connectivity index (χ0) is 26.5. The van der Waals surface area contributed by atoms with Gasteiger partial charge in [-0.1, -0.05) is 23.7 Å². The maximum absolute atomic E-state index is 12.9. The highest BCUT2D eigenvalue weighted by Crippen LogP contribution is 2.38. The largest absolute Gasteiger partial charge is 0.397 e. The summed E-state index contributed by atoms with van der Waals surface area (Å²) in [6, 6.07) is 16.5. The number of halogens is 1. The van der Waals surface area contributed by atoms with E-state index in [0.29, 0.717) is 35.5 Å². The molecule has 1 aliphatic rings. The first kappa shape index (κ1) is 24.5. The fourth-order valence-corrected chi connectivity index (χ4v) is 5.27. The van der Waals surface area contributed by atoms with Crippen LogP contribution in [0.1, 0.15) is 32.0 Å². The Balaban J connectivity index is 1.60. The minimum absolute atomic E-state index is 0.147. The van der Waals surface area contributed by atoms with Crippen molar-refractivity contribution in [2.24, 2.45) is 5.73 Å². The van der Waals surface area contributed by atoms with E-state index in [1.165, 1.54) is 12.1 Å². The van der Waals surface area contributed by atoms with Crippen LogP contribution < -0.4 is 16.8 Å². The van der Waals surface area contributed by atoms with Crippen LogP contribution in [0.2, 0.25) is 5.02 Å². The fraction of sp³-hybridized carbons (Fsp3) is 0.115. The number of nitrogen functional groups attached to an aromatic ring is 1. The number of carbonyl (C=O) groups is 2. The van der Waals surface area contributed by atoms with Gasteiger partial charge in [0.2, 0.25) is 0 Å².